The highest BCUT2D eigenvalue weighted by atomic mass is 79.9. The van der Waals surface area contributed by atoms with Crippen LogP contribution in [0.25, 0.3) is 33.3 Å². The zero-order valence-corrected chi connectivity index (χ0v) is 13.4. The maximum absolute atomic E-state index is 4.66. The van der Waals surface area contributed by atoms with E-state index in [1.807, 2.05) is 30.5 Å². The molecule has 0 saturated heterocycles. The average molecular weight is 391 g/mol. The van der Waals surface area contributed by atoms with Crippen LogP contribution in [0.1, 0.15) is 0 Å². The number of fused-ring (bicyclic) bond motifs is 2. The van der Waals surface area contributed by atoms with Crippen molar-refractivity contribution in [2.75, 3.05) is 0 Å². The molecule has 4 rings (SSSR count). The van der Waals surface area contributed by atoms with Crippen LogP contribution in [0.3, 0.4) is 0 Å². The second-order valence-electron chi connectivity index (χ2n) is 4.64. The smallest absolute Gasteiger partial charge is 0.140 e. The number of H-pyrrole nitrogens is 2. The quantitative estimate of drug-likeness (QED) is 0.458. The number of nitrogens with one attached hydrogen (secondary N) is 2. The molecule has 4 aromatic rings. The van der Waals surface area contributed by atoms with Crippen LogP contribution >= 0.6 is 31.9 Å². The standard InChI is InChI=1S/C15H9Br2N3/c16-8-1-3-12-10(5-8)11(7-18-12)15-19-13-4-2-9(17)6-14(13)20-15/h1-7,18H,(H,19,20). The topological polar surface area (TPSA) is 44.5 Å². The second kappa shape index (κ2) is 4.46. The molecule has 2 aromatic carbocycles. The molecule has 0 amide bonds. The third-order valence-electron chi connectivity index (χ3n) is 3.34. The van der Waals surface area contributed by atoms with Gasteiger partial charge in [-0.2, -0.15) is 0 Å². The molecule has 0 aliphatic carbocycles. The summed E-state index contributed by atoms with van der Waals surface area (Å²) in [6.07, 6.45) is 1.99. The van der Waals surface area contributed by atoms with Gasteiger partial charge < -0.3 is 9.97 Å². The summed E-state index contributed by atoms with van der Waals surface area (Å²) in [5.74, 6) is 0.877. The molecule has 2 heterocycles. The van der Waals surface area contributed by atoms with E-state index in [0.29, 0.717) is 0 Å². The van der Waals surface area contributed by atoms with Gasteiger partial charge >= 0.3 is 0 Å². The molecular formula is C15H9Br2N3. The minimum Gasteiger partial charge on any atom is -0.360 e. The Morgan fingerprint density at radius 2 is 1.70 bits per heavy atom. The minimum atomic E-state index is 0.877. The summed E-state index contributed by atoms with van der Waals surface area (Å²) >= 11 is 7.00. The number of nitrogens with zero attached hydrogens (tertiary/aromatic N) is 1. The van der Waals surface area contributed by atoms with Crippen LogP contribution < -0.4 is 0 Å². The Morgan fingerprint density at radius 1 is 0.900 bits per heavy atom. The lowest BCUT2D eigenvalue weighted by Gasteiger charge is -1.95. The summed E-state index contributed by atoms with van der Waals surface area (Å²) < 4.78 is 2.10. The number of hydrogen-bond donors (Lipinski definition) is 2. The van der Waals surface area contributed by atoms with Crippen molar-refractivity contribution >= 4 is 53.8 Å². The van der Waals surface area contributed by atoms with Crippen molar-refractivity contribution < 1.29 is 0 Å². The van der Waals surface area contributed by atoms with Crippen LogP contribution in [-0.2, 0) is 0 Å². The zero-order chi connectivity index (χ0) is 13.7. The third-order valence-corrected chi connectivity index (χ3v) is 4.33. The molecule has 98 valence electrons. The first-order valence-electron chi connectivity index (χ1n) is 6.13. The monoisotopic (exact) mass is 389 g/mol. The van der Waals surface area contributed by atoms with Gasteiger partial charge in [0.25, 0.3) is 0 Å². The first kappa shape index (κ1) is 12.2. The van der Waals surface area contributed by atoms with Crippen molar-refractivity contribution in [1.29, 1.82) is 0 Å². The first-order chi connectivity index (χ1) is 9.70. The first-order valence-corrected chi connectivity index (χ1v) is 7.71. The molecule has 0 radical (unpaired) electrons. The summed E-state index contributed by atoms with van der Waals surface area (Å²) in [6.45, 7) is 0. The lowest BCUT2D eigenvalue weighted by atomic mass is 10.2. The van der Waals surface area contributed by atoms with E-state index in [9.17, 15) is 0 Å². The van der Waals surface area contributed by atoms with E-state index in [1.54, 1.807) is 0 Å². The molecule has 20 heavy (non-hydrogen) atoms. The molecule has 0 spiro atoms. The van der Waals surface area contributed by atoms with Gasteiger partial charge in [-0.3, -0.25) is 0 Å². The fourth-order valence-electron chi connectivity index (χ4n) is 2.40. The molecule has 0 saturated carbocycles. The largest absolute Gasteiger partial charge is 0.360 e. The van der Waals surface area contributed by atoms with Gasteiger partial charge in [-0.05, 0) is 36.4 Å². The number of rotatable bonds is 1. The third kappa shape index (κ3) is 1.89. The van der Waals surface area contributed by atoms with Crippen molar-refractivity contribution in [3.63, 3.8) is 0 Å². The highest BCUT2D eigenvalue weighted by Gasteiger charge is 2.11. The number of hydrogen-bond acceptors (Lipinski definition) is 1. The molecule has 0 bridgehead atoms. The highest BCUT2D eigenvalue weighted by Crippen LogP contribution is 2.30. The van der Waals surface area contributed by atoms with Crippen LogP contribution in [0.4, 0.5) is 0 Å². The summed E-state index contributed by atoms with van der Waals surface area (Å²) in [4.78, 5) is 11.3. The van der Waals surface area contributed by atoms with Gasteiger partial charge in [-0.15, -0.1) is 0 Å². The molecule has 0 atom stereocenters. The predicted molar refractivity (Wildman–Crippen MR) is 88.8 cm³/mol. The number of benzene rings is 2. The average Bonchev–Trinajstić information content (AvgIpc) is 3.00. The predicted octanol–water partition coefficient (Wildman–Crippen LogP) is 5.24. The van der Waals surface area contributed by atoms with E-state index >= 15 is 0 Å². The molecule has 0 unspecified atom stereocenters. The molecule has 5 heteroatoms. The van der Waals surface area contributed by atoms with E-state index in [4.69, 9.17) is 0 Å². The SMILES string of the molecule is Brc1ccc2nc(-c3c[nH]c4ccc(Br)cc34)[nH]c2c1. The Bertz CT molecular complexity index is 937. The second-order valence-corrected chi connectivity index (χ2v) is 6.47. The number of aromatic amines is 2. The molecule has 2 N–H and O–H groups in total. The van der Waals surface area contributed by atoms with Gasteiger partial charge in [0.2, 0.25) is 0 Å². The van der Waals surface area contributed by atoms with Gasteiger partial charge in [0.15, 0.2) is 0 Å². The maximum atomic E-state index is 4.66. The molecule has 0 aliphatic heterocycles. The Labute approximate surface area is 131 Å². The van der Waals surface area contributed by atoms with Crippen LogP contribution in [0.2, 0.25) is 0 Å². The molecule has 0 aliphatic rings. The minimum absolute atomic E-state index is 0.877. The van der Waals surface area contributed by atoms with E-state index in [1.165, 1.54) is 0 Å². The maximum Gasteiger partial charge on any atom is 0.140 e. The fourth-order valence-corrected chi connectivity index (χ4v) is 3.12. The van der Waals surface area contributed by atoms with Gasteiger partial charge in [0.1, 0.15) is 5.82 Å². The molecule has 0 fully saturated rings. The van der Waals surface area contributed by atoms with E-state index in [2.05, 4.69) is 58.9 Å². The van der Waals surface area contributed by atoms with Gasteiger partial charge in [-0.1, -0.05) is 31.9 Å². The summed E-state index contributed by atoms with van der Waals surface area (Å²) in [5, 5.41) is 1.15. The molecular weight excluding hydrogens is 382 g/mol. The van der Waals surface area contributed by atoms with Crippen molar-refractivity contribution in [2.24, 2.45) is 0 Å². The van der Waals surface area contributed by atoms with E-state index in [-0.39, 0.29) is 0 Å². The normalized spacial score (nSPS) is 11.5. The fraction of sp³-hybridized carbons (Fsp3) is 0. The zero-order valence-electron chi connectivity index (χ0n) is 10.2. The van der Waals surface area contributed by atoms with Gasteiger partial charge in [-0.25, -0.2) is 4.98 Å². The van der Waals surface area contributed by atoms with Crippen molar-refractivity contribution in [3.05, 3.63) is 51.5 Å². The van der Waals surface area contributed by atoms with E-state index in [0.717, 1.165) is 42.3 Å². The highest BCUT2D eigenvalue weighted by molar-refractivity contribution is 9.10. The summed E-state index contributed by atoms with van der Waals surface area (Å²) in [5.41, 5.74) is 4.17. The summed E-state index contributed by atoms with van der Waals surface area (Å²) in [6, 6.07) is 12.2. The lowest BCUT2D eigenvalue weighted by molar-refractivity contribution is 1.34. The van der Waals surface area contributed by atoms with Crippen LogP contribution in [0.5, 0.6) is 0 Å². The van der Waals surface area contributed by atoms with Crippen LogP contribution in [0, 0.1) is 0 Å². The number of imidazole rings is 1. The van der Waals surface area contributed by atoms with Crippen LogP contribution in [0.15, 0.2) is 51.5 Å². The molecule has 2 aromatic heterocycles. The Balaban J connectivity index is 1.98. The van der Waals surface area contributed by atoms with Crippen LogP contribution in [-0.4, -0.2) is 15.0 Å². The van der Waals surface area contributed by atoms with Crippen molar-refractivity contribution in [3.8, 4) is 11.4 Å². The van der Waals surface area contributed by atoms with E-state index < -0.39 is 0 Å². The summed E-state index contributed by atoms with van der Waals surface area (Å²) in [7, 11) is 0. The number of aromatic nitrogens is 3. The Kier molecular flexibility index (Phi) is 2.72. The van der Waals surface area contributed by atoms with Crippen molar-refractivity contribution in [2.45, 2.75) is 0 Å². The number of halogens is 2. The van der Waals surface area contributed by atoms with Crippen molar-refractivity contribution in [1.82, 2.24) is 15.0 Å². The lowest BCUT2D eigenvalue weighted by Crippen LogP contribution is -1.77. The van der Waals surface area contributed by atoms with Gasteiger partial charge in [0, 0.05) is 31.6 Å². The molecule has 3 nitrogen and oxygen atoms in total. The Hall–Kier alpha value is -1.59. The van der Waals surface area contributed by atoms with Gasteiger partial charge in [0.05, 0.1) is 11.0 Å². The Morgan fingerprint density at radius 3 is 2.60 bits per heavy atom.